The van der Waals surface area contributed by atoms with E-state index in [1.807, 2.05) is 62.4 Å². The molecule has 0 radical (unpaired) electrons. The lowest BCUT2D eigenvalue weighted by molar-refractivity contribution is -0.136. The van der Waals surface area contributed by atoms with E-state index in [9.17, 15) is 4.79 Å². The van der Waals surface area contributed by atoms with Crippen LogP contribution in [0.2, 0.25) is 5.02 Å². The first-order valence-electron chi connectivity index (χ1n) is 11.5. The zero-order chi connectivity index (χ0) is 24.5. The highest BCUT2D eigenvalue weighted by Crippen LogP contribution is 2.35. The quantitative estimate of drug-likeness (QED) is 0.294. The van der Waals surface area contributed by atoms with Crippen molar-refractivity contribution in [1.29, 1.82) is 0 Å². The summed E-state index contributed by atoms with van der Waals surface area (Å²) < 4.78 is 18.1. The van der Waals surface area contributed by atoms with Crippen LogP contribution in [-0.2, 0) is 17.6 Å². The lowest BCUT2D eigenvalue weighted by Gasteiger charge is -2.18. The Morgan fingerprint density at radius 3 is 2.41 bits per heavy atom. The van der Waals surface area contributed by atoms with Gasteiger partial charge in [0.15, 0.2) is 11.5 Å². The van der Waals surface area contributed by atoms with E-state index < -0.39 is 5.97 Å². The molecule has 0 aliphatic carbocycles. The van der Waals surface area contributed by atoms with Crippen LogP contribution in [0, 0.1) is 6.92 Å². The van der Waals surface area contributed by atoms with Crippen molar-refractivity contribution in [2.24, 2.45) is 0 Å². The fourth-order valence-electron chi connectivity index (χ4n) is 3.52. The predicted octanol–water partition coefficient (Wildman–Crippen LogP) is 7.26. The molecule has 0 bridgehead atoms. The maximum absolute atomic E-state index is 10.9. The smallest absolute Gasteiger partial charge is 0.303 e. The number of rotatable bonds is 12. The molecule has 1 atom stereocenters. The standard InChI is InChI=1S/C28H31ClO5/c1-4-21-17-25(12-7-22(21)8-14-28(30)31)32-16-15-20(3)33-26-13-9-23(29)18-27(26)34-24-10-5-19(2)6-11-24/h5-7,9-13,17-18,20H,4,8,14-16H2,1-3H3,(H,30,31)/t20-/m1/s1. The van der Waals surface area contributed by atoms with Crippen molar-refractivity contribution in [2.45, 2.75) is 52.6 Å². The molecule has 0 aliphatic rings. The molecule has 1 N–H and O–H groups in total. The Morgan fingerprint density at radius 2 is 1.71 bits per heavy atom. The molecular weight excluding hydrogens is 452 g/mol. The molecule has 0 unspecified atom stereocenters. The van der Waals surface area contributed by atoms with E-state index in [-0.39, 0.29) is 12.5 Å². The number of halogens is 1. The second kappa shape index (κ2) is 12.3. The third-order valence-electron chi connectivity index (χ3n) is 5.44. The van der Waals surface area contributed by atoms with Crippen LogP contribution < -0.4 is 14.2 Å². The number of aliphatic carboxylic acids is 1. The van der Waals surface area contributed by atoms with E-state index in [2.05, 4.69) is 6.92 Å². The number of aryl methyl sites for hydroxylation is 3. The molecule has 0 amide bonds. The maximum atomic E-state index is 10.9. The van der Waals surface area contributed by atoms with Crippen LogP contribution in [0.4, 0.5) is 0 Å². The first kappa shape index (κ1) is 25.4. The van der Waals surface area contributed by atoms with E-state index in [0.29, 0.717) is 41.7 Å². The van der Waals surface area contributed by atoms with Crippen molar-refractivity contribution in [3.05, 3.63) is 82.4 Å². The highest BCUT2D eigenvalue weighted by atomic mass is 35.5. The van der Waals surface area contributed by atoms with E-state index >= 15 is 0 Å². The first-order valence-corrected chi connectivity index (χ1v) is 11.9. The van der Waals surface area contributed by atoms with Crippen molar-refractivity contribution in [3.8, 4) is 23.0 Å². The van der Waals surface area contributed by atoms with Gasteiger partial charge in [-0.2, -0.15) is 0 Å². The Hall–Kier alpha value is -3.18. The molecule has 0 aliphatic heterocycles. The molecule has 0 spiro atoms. The van der Waals surface area contributed by atoms with Crippen molar-refractivity contribution in [3.63, 3.8) is 0 Å². The summed E-state index contributed by atoms with van der Waals surface area (Å²) in [7, 11) is 0. The minimum Gasteiger partial charge on any atom is -0.493 e. The summed E-state index contributed by atoms with van der Waals surface area (Å²) in [5, 5.41) is 9.50. The normalized spacial score (nSPS) is 11.6. The van der Waals surface area contributed by atoms with Crippen molar-refractivity contribution in [2.75, 3.05) is 6.61 Å². The van der Waals surface area contributed by atoms with Crippen LogP contribution in [0.3, 0.4) is 0 Å². The number of carboxylic acids is 1. The lowest BCUT2D eigenvalue weighted by atomic mass is 10.0. The molecule has 3 aromatic rings. The van der Waals surface area contributed by atoms with Crippen molar-refractivity contribution < 1.29 is 24.1 Å². The van der Waals surface area contributed by atoms with Crippen LogP contribution in [0.25, 0.3) is 0 Å². The zero-order valence-corrected chi connectivity index (χ0v) is 20.6. The molecule has 0 fully saturated rings. The Morgan fingerprint density at radius 1 is 0.971 bits per heavy atom. The van der Waals surface area contributed by atoms with Crippen LogP contribution >= 0.6 is 11.6 Å². The van der Waals surface area contributed by atoms with Gasteiger partial charge in [-0.25, -0.2) is 0 Å². The van der Waals surface area contributed by atoms with Gasteiger partial charge in [-0.05, 0) is 74.2 Å². The minimum atomic E-state index is -0.788. The van der Waals surface area contributed by atoms with Crippen molar-refractivity contribution >= 4 is 17.6 Å². The molecule has 0 saturated heterocycles. The van der Waals surface area contributed by atoms with E-state index in [1.54, 1.807) is 12.1 Å². The van der Waals surface area contributed by atoms with Gasteiger partial charge >= 0.3 is 5.97 Å². The van der Waals surface area contributed by atoms with Gasteiger partial charge in [0.1, 0.15) is 11.5 Å². The largest absolute Gasteiger partial charge is 0.493 e. The second-order valence-corrected chi connectivity index (χ2v) is 8.69. The summed E-state index contributed by atoms with van der Waals surface area (Å²) in [4.78, 5) is 10.9. The highest BCUT2D eigenvalue weighted by molar-refractivity contribution is 6.30. The molecule has 3 rings (SSSR count). The van der Waals surface area contributed by atoms with Gasteiger partial charge in [0.2, 0.25) is 0 Å². The highest BCUT2D eigenvalue weighted by Gasteiger charge is 2.13. The number of hydrogen-bond donors (Lipinski definition) is 1. The summed E-state index contributed by atoms with van der Waals surface area (Å²) in [5.74, 6) is 1.89. The van der Waals surface area contributed by atoms with Crippen LogP contribution in [0.15, 0.2) is 60.7 Å². The second-order valence-electron chi connectivity index (χ2n) is 8.25. The number of carboxylic acid groups (broad SMARTS) is 1. The number of ether oxygens (including phenoxy) is 3. The average molecular weight is 483 g/mol. The third-order valence-corrected chi connectivity index (χ3v) is 5.68. The SMILES string of the molecule is CCc1cc(OCC[C@@H](C)Oc2ccc(Cl)cc2Oc2ccc(C)cc2)ccc1CCC(=O)O. The molecule has 0 saturated carbocycles. The van der Waals surface area contributed by atoms with Crippen LogP contribution in [0.1, 0.15) is 43.4 Å². The molecule has 0 heterocycles. The van der Waals surface area contributed by atoms with Gasteiger partial charge in [-0.3, -0.25) is 4.79 Å². The van der Waals surface area contributed by atoms with Crippen LogP contribution in [0.5, 0.6) is 23.0 Å². The molecule has 0 aromatic heterocycles. The monoisotopic (exact) mass is 482 g/mol. The number of carbonyl (C=O) groups is 1. The Bertz CT molecular complexity index is 1090. The van der Waals surface area contributed by atoms with Gasteiger partial charge < -0.3 is 19.3 Å². The van der Waals surface area contributed by atoms with Gasteiger partial charge in [-0.1, -0.05) is 42.3 Å². The topological polar surface area (TPSA) is 65.0 Å². The van der Waals surface area contributed by atoms with Gasteiger partial charge in [0.05, 0.1) is 12.7 Å². The maximum Gasteiger partial charge on any atom is 0.303 e. The summed E-state index contributed by atoms with van der Waals surface area (Å²) in [6.45, 7) is 6.56. The lowest BCUT2D eigenvalue weighted by Crippen LogP contribution is -2.16. The zero-order valence-electron chi connectivity index (χ0n) is 19.8. The van der Waals surface area contributed by atoms with Gasteiger partial charge in [0.25, 0.3) is 0 Å². The molecule has 3 aromatic carbocycles. The first-order chi connectivity index (χ1) is 16.3. The molecule has 180 valence electrons. The summed E-state index contributed by atoms with van der Waals surface area (Å²) in [6.07, 6.45) is 2.04. The third kappa shape index (κ3) is 7.70. The van der Waals surface area contributed by atoms with E-state index in [1.165, 1.54) is 0 Å². The minimum absolute atomic E-state index is 0.109. The molecule has 5 nitrogen and oxygen atoms in total. The Kier molecular flexibility index (Phi) is 9.23. The van der Waals surface area contributed by atoms with E-state index in [4.69, 9.17) is 30.9 Å². The molecule has 6 heteroatoms. The van der Waals surface area contributed by atoms with Gasteiger partial charge in [-0.15, -0.1) is 0 Å². The fourth-order valence-corrected chi connectivity index (χ4v) is 3.68. The van der Waals surface area contributed by atoms with Crippen molar-refractivity contribution in [1.82, 2.24) is 0 Å². The summed E-state index contributed by atoms with van der Waals surface area (Å²) in [5.41, 5.74) is 3.32. The molecule has 34 heavy (non-hydrogen) atoms. The Balaban J connectivity index is 1.56. The van der Waals surface area contributed by atoms with E-state index in [0.717, 1.165) is 28.9 Å². The molecular formula is C28H31ClO5. The Labute approximate surface area is 206 Å². The van der Waals surface area contributed by atoms with Gasteiger partial charge in [0, 0.05) is 23.9 Å². The predicted molar refractivity (Wildman–Crippen MR) is 135 cm³/mol. The number of benzene rings is 3. The summed E-state index contributed by atoms with van der Waals surface area (Å²) >= 11 is 6.18. The fraction of sp³-hybridized carbons (Fsp3) is 0.321. The summed E-state index contributed by atoms with van der Waals surface area (Å²) in [6, 6.07) is 19.0. The average Bonchev–Trinajstić information content (AvgIpc) is 2.81. The van der Waals surface area contributed by atoms with Crippen LogP contribution in [-0.4, -0.2) is 23.8 Å². The number of hydrogen-bond acceptors (Lipinski definition) is 4.